The summed E-state index contributed by atoms with van der Waals surface area (Å²) in [6.45, 7) is 0.440. The van der Waals surface area contributed by atoms with Crippen molar-refractivity contribution in [2.24, 2.45) is 0 Å². The molecule has 1 N–H and O–H groups in total. The molecule has 0 bridgehead atoms. The van der Waals surface area contributed by atoms with Gasteiger partial charge in [-0.05, 0) is 36.1 Å². The Balaban J connectivity index is 2.35. The number of carboxylic acids is 1. The van der Waals surface area contributed by atoms with Gasteiger partial charge in [0.2, 0.25) is 0 Å². The molecule has 5 heteroatoms. The molecule has 0 aromatic heterocycles. The van der Waals surface area contributed by atoms with Gasteiger partial charge in [-0.15, -0.1) is 11.8 Å². The van der Waals surface area contributed by atoms with Crippen molar-refractivity contribution in [2.45, 2.75) is 11.4 Å². The molecule has 2 rings (SSSR count). The minimum absolute atomic E-state index is 0.281. The van der Waals surface area contributed by atoms with Gasteiger partial charge >= 0.3 is 5.97 Å². The fraction of sp³-hybridized carbons (Fsp3) is 0.188. The fourth-order valence-electron chi connectivity index (χ4n) is 2.22. The first kappa shape index (κ1) is 15.4. The van der Waals surface area contributed by atoms with E-state index in [1.54, 1.807) is 25.2 Å². The molecule has 2 aromatic carbocycles. The summed E-state index contributed by atoms with van der Waals surface area (Å²) in [5, 5.41) is 9.44. The second-order valence-electron chi connectivity index (χ2n) is 4.65. The van der Waals surface area contributed by atoms with Crippen LogP contribution in [0.3, 0.4) is 0 Å². The van der Waals surface area contributed by atoms with Gasteiger partial charge in [0, 0.05) is 18.5 Å². The molecule has 2 aromatic rings. The van der Waals surface area contributed by atoms with Crippen LogP contribution in [0.4, 0.5) is 10.1 Å². The van der Waals surface area contributed by atoms with Gasteiger partial charge in [0.15, 0.2) is 0 Å². The topological polar surface area (TPSA) is 40.5 Å². The summed E-state index contributed by atoms with van der Waals surface area (Å²) in [5.41, 5.74) is 1.70. The fourth-order valence-corrected chi connectivity index (χ4v) is 2.83. The van der Waals surface area contributed by atoms with Gasteiger partial charge in [0.05, 0.1) is 11.3 Å². The summed E-state index contributed by atoms with van der Waals surface area (Å²) in [5.74, 6) is -1.25. The van der Waals surface area contributed by atoms with Crippen molar-refractivity contribution in [3.63, 3.8) is 0 Å². The zero-order valence-corrected chi connectivity index (χ0v) is 12.7. The summed E-state index contributed by atoms with van der Waals surface area (Å²) < 4.78 is 13.2. The van der Waals surface area contributed by atoms with Crippen molar-refractivity contribution in [2.75, 3.05) is 18.2 Å². The van der Waals surface area contributed by atoms with E-state index >= 15 is 0 Å². The van der Waals surface area contributed by atoms with Crippen LogP contribution in [0.2, 0.25) is 0 Å². The molecule has 0 aliphatic heterocycles. The van der Waals surface area contributed by atoms with Crippen molar-refractivity contribution in [1.82, 2.24) is 0 Å². The Hall–Kier alpha value is -2.01. The van der Waals surface area contributed by atoms with Crippen molar-refractivity contribution in [3.05, 3.63) is 59.4 Å². The second-order valence-corrected chi connectivity index (χ2v) is 5.49. The van der Waals surface area contributed by atoms with Crippen molar-refractivity contribution < 1.29 is 14.3 Å². The standard InChI is InChI=1S/C16H16FNO2S/c1-18(10-11-5-3-6-12(17)9-11)13-7-4-8-14(21-2)15(13)16(19)20/h3-9H,10H2,1-2H3,(H,19,20). The van der Waals surface area contributed by atoms with E-state index in [1.807, 2.05) is 23.3 Å². The van der Waals surface area contributed by atoms with Crippen LogP contribution in [0.25, 0.3) is 0 Å². The molecule has 0 aliphatic rings. The SMILES string of the molecule is CSc1cccc(N(C)Cc2cccc(F)c2)c1C(=O)O. The lowest BCUT2D eigenvalue weighted by molar-refractivity contribution is 0.0694. The van der Waals surface area contributed by atoms with Crippen LogP contribution in [0.15, 0.2) is 47.4 Å². The number of aromatic carboxylic acids is 1. The Morgan fingerprint density at radius 1 is 1.29 bits per heavy atom. The average Bonchev–Trinajstić information content (AvgIpc) is 2.46. The number of benzene rings is 2. The van der Waals surface area contributed by atoms with Gasteiger partial charge in [-0.3, -0.25) is 0 Å². The van der Waals surface area contributed by atoms with E-state index in [4.69, 9.17) is 0 Å². The van der Waals surface area contributed by atoms with Crippen LogP contribution >= 0.6 is 11.8 Å². The molecule has 110 valence electrons. The van der Waals surface area contributed by atoms with Crippen LogP contribution in [0, 0.1) is 5.82 Å². The van der Waals surface area contributed by atoms with Crippen molar-refractivity contribution >= 4 is 23.4 Å². The molecule has 0 fully saturated rings. The van der Waals surface area contributed by atoms with Crippen LogP contribution in [0.5, 0.6) is 0 Å². The molecular formula is C16H16FNO2S. The van der Waals surface area contributed by atoms with E-state index in [2.05, 4.69) is 0 Å². The zero-order valence-electron chi connectivity index (χ0n) is 11.8. The third-order valence-corrected chi connectivity index (χ3v) is 3.94. The molecule has 21 heavy (non-hydrogen) atoms. The Kier molecular flexibility index (Phi) is 4.85. The van der Waals surface area contributed by atoms with E-state index in [0.29, 0.717) is 17.1 Å². The van der Waals surface area contributed by atoms with E-state index < -0.39 is 5.97 Å². The first-order valence-electron chi connectivity index (χ1n) is 6.39. The van der Waals surface area contributed by atoms with Gasteiger partial charge in [-0.1, -0.05) is 18.2 Å². The zero-order chi connectivity index (χ0) is 15.4. The first-order valence-corrected chi connectivity index (χ1v) is 7.61. The number of anilines is 1. The summed E-state index contributed by atoms with van der Waals surface area (Å²) in [6.07, 6.45) is 1.85. The van der Waals surface area contributed by atoms with E-state index in [1.165, 1.54) is 23.9 Å². The highest BCUT2D eigenvalue weighted by Gasteiger charge is 2.17. The largest absolute Gasteiger partial charge is 0.478 e. The lowest BCUT2D eigenvalue weighted by atomic mass is 10.1. The Labute approximate surface area is 127 Å². The van der Waals surface area contributed by atoms with Crippen LogP contribution in [-0.4, -0.2) is 24.4 Å². The summed E-state index contributed by atoms with van der Waals surface area (Å²) in [7, 11) is 1.80. The Bertz CT molecular complexity index is 660. The molecular weight excluding hydrogens is 289 g/mol. The second kappa shape index (κ2) is 6.63. The monoisotopic (exact) mass is 305 g/mol. The Morgan fingerprint density at radius 3 is 2.62 bits per heavy atom. The smallest absolute Gasteiger partial charge is 0.338 e. The van der Waals surface area contributed by atoms with E-state index in [9.17, 15) is 14.3 Å². The molecule has 0 atom stereocenters. The van der Waals surface area contributed by atoms with Crippen LogP contribution < -0.4 is 4.90 Å². The van der Waals surface area contributed by atoms with Crippen molar-refractivity contribution in [1.29, 1.82) is 0 Å². The number of thioether (sulfide) groups is 1. The number of rotatable bonds is 5. The molecule has 0 heterocycles. The van der Waals surface area contributed by atoms with Gasteiger partial charge in [-0.25, -0.2) is 9.18 Å². The molecule has 0 saturated carbocycles. The number of hydrogen-bond acceptors (Lipinski definition) is 3. The van der Waals surface area contributed by atoms with Gasteiger partial charge in [0.25, 0.3) is 0 Å². The first-order chi connectivity index (χ1) is 10.0. The van der Waals surface area contributed by atoms with Crippen molar-refractivity contribution in [3.8, 4) is 0 Å². The number of hydrogen-bond donors (Lipinski definition) is 1. The minimum atomic E-state index is -0.957. The molecule has 0 saturated heterocycles. The summed E-state index contributed by atoms with van der Waals surface area (Å²) in [6, 6.07) is 11.7. The normalized spacial score (nSPS) is 10.4. The lowest BCUT2D eigenvalue weighted by Gasteiger charge is -2.22. The van der Waals surface area contributed by atoms with Gasteiger partial charge < -0.3 is 10.0 Å². The van der Waals surface area contributed by atoms with E-state index in [0.717, 1.165) is 5.56 Å². The minimum Gasteiger partial charge on any atom is -0.478 e. The lowest BCUT2D eigenvalue weighted by Crippen LogP contribution is -2.20. The van der Waals surface area contributed by atoms with Gasteiger partial charge in [-0.2, -0.15) is 0 Å². The maximum atomic E-state index is 13.2. The highest BCUT2D eigenvalue weighted by Crippen LogP contribution is 2.30. The maximum Gasteiger partial charge on any atom is 0.338 e. The predicted octanol–water partition coefficient (Wildman–Crippen LogP) is 3.88. The third-order valence-electron chi connectivity index (χ3n) is 3.16. The molecule has 0 unspecified atom stereocenters. The molecule has 0 spiro atoms. The van der Waals surface area contributed by atoms with Crippen LogP contribution in [-0.2, 0) is 6.54 Å². The quantitative estimate of drug-likeness (QED) is 0.851. The number of carboxylic acid groups (broad SMARTS) is 1. The van der Waals surface area contributed by atoms with Gasteiger partial charge in [0.1, 0.15) is 5.82 Å². The van der Waals surface area contributed by atoms with Crippen LogP contribution in [0.1, 0.15) is 15.9 Å². The summed E-state index contributed by atoms with van der Waals surface area (Å²) in [4.78, 5) is 14.0. The average molecular weight is 305 g/mol. The van der Waals surface area contributed by atoms with E-state index in [-0.39, 0.29) is 11.4 Å². The molecule has 0 amide bonds. The number of halogens is 1. The third kappa shape index (κ3) is 3.55. The molecule has 0 radical (unpaired) electrons. The Morgan fingerprint density at radius 2 is 2.00 bits per heavy atom. The maximum absolute atomic E-state index is 13.2. The number of carbonyl (C=O) groups is 1. The molecule has 3 nitrogen and oxygen atoms in total. The highest BCUT2D eigenvalue weighted by atomic mass is 32.2. The number of nitrogens with zero attached hydrogens (tertiary/aromatic N) is 1. The predicted molar refractivity (Wildman–Crippen MR) is 83.7 cm³/mol. The highest BCUT2D eigenvalue weighted by molar-refractivity contribution is 7.98. The molecule has 0 aliphatic carbocycles. The summed E-state index contributed by atoms with van der Waals surface area (Å²) >= 11 is 1.40.